The monoisotopic (exact) mass is 313 g/mol. The fourth-order valence-corrected chi connectivity index (χ4v) is 2.04. The molecule has 0 spiro atoms. The van der Waals surface area contributed by atoms with Gasteiger partial charge in [0.2, 0.25) is 0 Å². The Balaban J connectivity index is 2.17. The summed E-state index contributed by atoms with van der Waals surface area (Å²) < 4.78 is 6.51. The van der Waals surface area contributed by atoms with Crippen LogP contribution in [0.15, 0.2) is 48.3 Å². The molecule has 0 bridgehead atoms. The van der Waals surface area contributed by atoms with E-state index < -0.39 is 5.97 Å². The van der Waals surface area contributed by atoms with Gasteiger partial charge in [0.05, 0.1) is 6.61 Å². The van der Waals surface area contributed by atoms with E-state index in [0.29, 0.717) is 22.6 Å². The van der Waals surface area contributed by atoms with Gasteiger partial charge in [0.15, 0.2) is 11.6 Å². The summed E-state index contributed by atoms with van der Waals surface area (Å²) in [6, 6.07) is 8.96. The number of anilines is 1. The van der Waals surface area contributed by atoms with Gasteiger partial charge in [-0.1, -0.05) is 30.3 Å². The minimum absolute atomic E-state index is 0.121. The first kappa shape index (κ1) is 16.5. The molecule has 0 aliphatic heterocycles. The minimum atomic E-state index is -0.453. The highest BCUT2D eigenvalue weighted by molar-refractivity contribution is 6.05. The zero-order valence-electron chi connectivity index (χ0n) is 13.4. The first-order chi connectivity index (χ1) is 11.0. The molecule has 0 unspecified atom stereocenters. The molecule has 6 nitrogen and oxygen atoms in total. The smallest absolute Gasteiger partial charge is 0.343 e. The van der Waals surface area contributed by atoms with Crippen molar-refractivity contribution in [1.82, 2.24) is 9.78 Å². The van der Waals surface area contributed by atoms with Gasteiger partial charge < -0.3 is 10.1 Å². The van der Waals surface area contributed by atoms with Crippen LogP contribution in [0, 0.1) is 0 Å². The van der Waals surface area contributed by atoms with Crippen LogP contribution in [0.2, 0.25) is 0 Å². The molecule has 0 aliphatic carbocycles. The number of hydrogen-bond donors (Lipinski definition) is 1. The Kier molecular flexibility index (Phi) is 5.30. The number of rotatable bonds is 6. The van der Waals surface area contributed by atoms with Crippen LogP contribution >= 0.6 is 0 Å². The maximum Gasteiger partial charge on any atom is 0.343 e. The third-order valence-electron chi connectivity index (χ3n) is 3.05. The van der Waals surface area contributed by atoms with Gasteiger partial charge in [0.1, 0.15) is 5.56 Å². The van der Waals surface area contributed by atoms with Crippen LogP contribution < -0.4 is 5.32 Å². The molecule has 0 fully saturated rings. The molecule has 2 rings (SSSR count). The van der Waals surface area contributed by atoms with Gasteiger partial charge in [-0.3, -0.25) is 9.48 Å². The Morgan fingerprint density at radius 2 is 2.00 bits per heavy atom. The summed E-state index contributed by atoms with van der Waals surface area (Å²) in [6.45, 7) is 3.77. The predicted octanol–water partition coefficient (Wildman–Crippen LogP) is 2.80. The zero-order chi connectivity index (χ0) is 16.8. The second kappa shape index (κ2) is 7.40. The van der Waals surface area contributed by atoms with Crippen molar-refractivity contribution in [1.29, 1.82) is 0 Å². The van der Waals surface area contributed by atoms with E-state index >= 15 is 0 Å². The lowest BCUT2D eigenvalue weighted by Gasteiger charge is -2.06. The SMILES string of the molecule is CCOC(=O)c1cn(C)nc1NC(C)=CC(=O)c1ccccc1. The van der Waals surface area contributed by atoms with Crippen LogP contribution in [-0.4, -0.2) is 28.1 Å². The topological polar surface area (TPSA) is 73.2 Å². The molecule has 2 aromatic rings. The van der Waals surface area contributed by atoms with Crippen molar-refractivity contribution in [3.05, 3.63) is 59.4 Å². The number of nitrogens with zero attached hydrogens (tertiary/aromatic N) is 2. The molecular weight excluding hydrogens is 294 g/mol. The Hall–Kier alpha value is -2.89. The van der Waals surface area contributed by atoms with Crippen LogP contribution in [0.4, 0.5) is 5.82 Å². The van der Waals surface area contributed by atoms with E-state index in [1.54, 1.807) is 51.4 Å². The Morgan fingerprint density at radius 3 is 2.65 bits per heavy atom. The summed E-state index contributed by atoms with van der Waals surface area (Å²) >= 11 is 0. The molecule has 0 aliphatic rings. The number of esters is 1. The largest absolute Gasteiger partial charge is 0.462 e. The van der Waals surface area contributed by atoms with Crippen LogP contribution in [-0.2, 0) is 11.8 Å². The highest BCUT2D eigenvalue weighted by Crippen LogP contribution is 2.16. The number of nitrogens with one attached hydrogen (secondary N) is 1. The third-order valence-corrected chi connectivity index (χ3v) is 3.05. The highest BCUT2D eigenvalue weighted by atomic mass is 16.5. The Bertz CT molecular complexity index is 733. The lowest BCUT2D eigenvalue weighted by molar-refractivity contribution is 0.0527. The standard InChI is InChI=1S/C17H19N3O3/c1-4-23-17(22)14-11-20(3)19-16(14)18-12(2)10-15(21)13-8-6-5-7-9-13/h5-11H,4H2,1-3H3,(H,18,19). The number of carbonyl (C=O) groups excluding carboxylic acids is 2. The maximum atomic E-state index is 12.1. The number of aryl methyl sites for hydroxylation is 1. The molecular formula is C17H19N3O3. The van der Waals surface area contributed by atoms with Crippen LogP contribution in [0.3, 0.4) is 0 Å². The van der Waals surface area contributed by atoms with Gasteiger partial charge >= 0.3 is 5.97 Å². The molecule has 1 aromatic carbocycles. The molecule has 0 amide bonds. The van der Waals surface area contributed by atoms with E-state index in [9.17, 15) is 9.59 Å². The number of carbonyl (C=O) groups is 2. The predicted molar refractivity (Wildman–Crippen MR) is 87.3 cm³/mol. The van der Waals surface area contributed by atoms with Gasteiger partial charge in [-0.15, -0.1) is 0 Å². The molecule has 0 radical (unpaired) electrons. The minimum Gasteiger partial charge on any atom is -0.462 e. The van der Waals surface area contributed by atoms with E-state index in [2.05, 4.69) is 10.4 Å². The van der Waals surface area contributed by atoms with Gasteiger partial charge in [0.25, 0.3) is 0 Å². The highest BCUT2D eigenvalue weighted by Gasteiger charge is 2.17. The summed E-state index contributed by atoms with van der Waals surface area (Å²) in [6.07, 6.45) is 3.05. The van der Waals surface area contributed by atoms with Crippen molar-refractivity contribution >= 4 is 17.6 Å². The molecule has 120 valence electrons. The summed E-state index contributed by atoms with van der Waals surface area (Å²) in [7, 11) is 1.71. The number of ether oxygens (including phenoxy) is 1. The van der Waals surface area contributed by atoms with E-state index in [1.807, 2.05) is 6.07 Å². The maximum absolute atomic E-state index is 12.1. The van der Waals surface area contributed by atoms with Crippen LogP contribution in [0.25, 0.3) is 0 Å². The van der Waals surface area contributed by atoms with Crippen molar-refractivity contribution < 1.29 is 14.3 Å². The van der Waals surface area contributed by atoms with Crippen molar-refractivity contribution in [2.45, 2.75) is 13.8 Å². The van der Waals surface area contributed by atoms with Crippen molar-refractivity contribution in [2.75, 3.05) is 11.9 Å². The molecule has 0 saturated carbocycles. The Labute approximate surface area is 134 Å². The fraction of sp³-hybridized carbons (Fsp3) is 0.235. The van der Waals surface area contributed by atoms with Gasteiger partial charge in [-0.05, 0) is 13.8 Å². The lowest BCUT2D eigenvalue weighted by atomic mass is 10.1. The molecule has 1 N–H and O–H groups in total. The zero-order valence-corrected chi connectivity index (χ0v) is 13.4. The molecule has 0 saturated heterocycles. The number of ketones is 1. The summed E-state index contributed by atoms with van der Waals surface area (Å²) in [4.78, 5) is 24.0. The quantitative estimate of drug-likeness (QED) is 0.504. The average molecular weight is 313 g/mol. The number of hydrogen-bond acceptors (Lipinski definition) is 5. The molecule has 1 aromatic heterocycles. The second-order valence-corrected chi connectivity index (χ2v) is 4.97. The van der Waals surface area contributed by atoms with E-state index in [1.165, 1.54) is 10.8 Å². The van der Waals surface area contributed by atoms with Crippen LogP contribution in [0.5, 0.6) is 0 Å². The van der Waals surface area contributed by atoms with Crippen molar-refractivity contribution in [2.24, 2.45) is 7.05 Å². The summed E-state index contributed by atoms with van der Waals surface area (Å²) in [5, 5.41) is 7.17. The number of aromatic nitrogens is 2. The number of benzene rings is 1. The van der Waals surface area contributed by atoms with Gasteiger partial charge in [-0.2, -0.15) is 5.10 Å². The van der Waals surface area contributed by atoms with E-state index in [0.717, 1.165) is 0 Å². The third kappa shape index (κ3) is 4.29. The first-order valence-corrected chi connectivity index (χ1v) is 7.26. The molecule has 1 heterocycles. The molecule has 0 atom stereocenters. The van der Waals surface area contributed by atoms with Crippen LogP contribution in [0.1, 0.15) is 34.6 Å². The average Bonchev–Trinajstić information content (AvgIpc) is 2.88. The second-order valence-electron chi connectivity index (χ2n) is 4.97. The van der Waals surface area contributed by atoms with Crippen molar-refractivity contribution in [3.8, 4) is 0 Å². The van der Waals surface area contributed by atoms with E-state index in [-0.39, 0.29) is 12.4 Å². The Morgan fingerprint density at radius 1 is 1.30 bits per heavy atom. The molecule has 23 heavy (non-hydrogen) atoms. The van der Waals surface area contributed by atoms with Gasteiger partial charge in [-0.25, -0.2) is 4.79 Å². The lowest BCUT2D eigenvalue weighted by Crippen LogP contribution is -2.08. The summed E-state index contributed by atoms with van der Waals surface area (Å²) in [5.41, 5.74) is 1.51. The normalized spacial score (nSPS) is 11.2. The van der Waals surface area contributed by atoms with Gasteiger partial charge in [0, 0.05) is 30.6 Å². The van der Waals surface area contributed by atoms with Crippen molar-refractivity contribution in [3.63, 3.8) is 0 Å². The summed E-state index contributed by atoms with van der Waals surface area (Å²) in [5.74, 6) is -0.213. The number of allylic oxidation sites excluding steroid dienone is 2. The first-order valence-electron chi connectivity index (χ1n) is 7.26. The molecule has 6 heteroatoms. The van der Waals surface area contributed by atoms with E-state index in [4.69, 9.17) is 4.74 Å². The fourth-order valence-electron chi connectivity index (χ4n) is 2.04.